The molecule has 0 heterocycles. The Balaban J connectivity index is 2.01. The second-order valence-electron chi connectivity index (χ2n) is 9.31. The molecule has 1 N–H and O–H groups in total. The fourth-order valence-electron chi connectivity index (χ4n) is 3.85. The Morgan fingerprint density at radius 1 is 0.975 bits per heavy atom. The van der Waals surface area contributed by atoms with Crippen LogP contribution < -0.4 is 14.4 Å². The van der Waals surface area contributed by atoms with E-state index in [-0.39, 0.29) is 29.1 Å². The maximum absolute atomic E-state index is 13.9. The Kier molecular flexibility index (Phi) is 10.5. The summed E-state index contributed by atoms with van der Waals surface area (Å²) in [5.41, 5.74) is 0.793. The van der Waals surface area contributed by atoms with Gasteiger partial charge in [-0.05, 0) is 86.5 Å². The van der Waals surface area contributed by atoms with Crippen molar-refractivity contribution >= 4 is 39.1 Å². The second-order valence-corrected chi connectivity index (χ2v) is 11.6. The molecule has 0 fully saturated rings. The second kappa shape index (κ2) is 13.6. The van der Waals surface area contributed by atoms with Crippen molar-refractivity contribution in [2.45, 2.75) is 50.7 Å². The van der Waals surface area contributed by atoms with Gasteiger partial charge in [0.05, 0.1) is 17.7 Å². The normalized spacial score (nSPS) is 12.8. The molecule has 0 aliphatic carbocycles. The summed E-state index contributed by atoms with van der Waals surface area (Å²) in [5.74, 6) is -0.979. The lowest BCUT2D eigenvalue weighted by Crippen LogP contribution is -2.52. The van der Waals surface area contributed by atoms with Crippen molar-refractivity contribution in [2.24, 2.45) is 0 Å². The largest absolute Gasteiger partial charge is 0.497 e. The van der Waals surface area contributed by atoms with E-state index in [9.17, 15) is 22.4 Å². The fourth-order valence-corrected chi connectivity index (χ4v) is 5.39. The van der Waals surface area contributed by atoms with E-state index in [2.05, 4.69) is 5.32 Å². The summed E-state index contributed by atoms with van der Waals surface area (Å²) in [7, 11) is -2.76. The summed E-state index contributed by atoms with van der Waals surface area (Å²) in [5, 5.41) is 3.26. The maximum Gasteiger partial charge on any atom is 0.264 e. The molecule has 214 valence electrons. The maximum atomic E-state index is 13.9. The van der Waals surface area contributed by atoms with Gasteiger partial charge >= 0.3 is 0 Å². The topological polar surface area (TPSA) is 96.0 Å². The molecule has 2 unspecified atom stereocenters. The molecule has 0 aliphatic heterocycles. The molecule has 11 heteroatoms. The lowest BCUT2D eigenvalue weighted by atomic mass is 10.1. The summed E-state index contributed by atoms with van der Waals surface area (Å²) in [4.78, 5) is 28.2. The van der Waals surface area contributed by atoms with E-state index < -0.39 is 34.3 Å². The number of nitrogens with one attached hydrogen (secondary N) is 1. The summed E-state index contributed by atoms with van der Waals surface area (Å²) < 4.78 is 47.3. The minimum atomic E-state index is -4.23. The third kappa shape index (κ3) is 7.73. The molecule has 40 heavy (non-hydrogen) atoms. The average molecular weight is 590 g/mol. The van der Waals surface area contributed by atoms with Gasteiger partial charge < -0.3 is 15.0 Å². The highest BCUT2D eigenvalue weighted by molar-refractivity contribution is 7.92. The van der Waals surface area contributed by atoms with Gasteiger partial charge in [-0.3, -0.25) is 13.9 Å². The van der Waals surface area contributed by atoms with Crippen molar-refractivity contribution in [3.8, 4) is 5.75 Å². The van der Waals surface area contributed by atoms with Crippen molar-refractivity contribution < 1.29 is 27.1 Å². The highest BCUT2D eigenvalue weighted by atomic mass is 35.5. The molecule has 3 aromatic rings. The van der Waals surface area contributed by atoms with E-state index in [1.54, 1.807) is 6.92 Å². The van der Waals surface area contributed by atoms with Gasteiger partial charge in [0, 0.05) is 17.6 Å². The monoisotopic (exact) mass is 589 g/mol. The van der Waals surface area contributed by atoms with Crippen molar-refractivity contribution in [3.63, 3.8) is 0 Å². The number of ether oxygens (including phenoxy) is 1. The number of carbonyl (C=O) groups excluding carboxylic acids is 2. The number of methoxy groups -OCH3 is 1. The molecule has 0 radical (unpaired) electrons. The van der Waals surface area contributed by atoms with Crippen molar-refractivity contribution in [1.29, 1.82) is 0 Å². The van der Waals surface area contributed by atoms with E-state index >= 15 is 0 Å². The van der Waals surface area contributed by atoms with Crippen LogP contribution >= 0.6 is 11.6 Å². The number of hydrogen-bond acceptors (Lipinski definition) is 5. The Bertz CT molecular complexity index is 1400. The number of halogens is 2. The van der Waals surface area contributed by atoms with Crippen LogP contribution in [0.3, 0.4) is 0 Å². The molecular weight excluding hydrogens is 557 g/mol. The van der Waals surface area contributed by atoms with Crippen LogP contribution in [0, 0.1) is 5.82 Å². The van der Waals surface area contributed by atoms with Crippen LogP contribution in [0.15, 0.2) is 77.7 Å². The lowest BCUT2D eigenvalue weighted by Gasteiger charge is -2.32. The number of amides is 2. The Morgan fingerprint density at radius 2 is 1.57 bits per heavy atom. The van der Waals surface area contributed by atoms with Gasteiger partial charge in [-0.2, -0.15) is 0 Å². The third-order valence-corrected chi connectivity index (χ3v) is 8.52. The first kappa shape index (κ1) is 30.9. The molecular formula is C29H33ClFN3O5S. The SMILES string of the molecule is CCC(C)NC(=O)C(C)N(Cc1ccc(F)cc1)C(=O)CN(c1ccc(Cl)cc1)S(=O)(=O)c1ccc(OC)cc1. The van der Waals surface area contributed by atoms with Crippen LogP contribution in [0.5, 0.6) is 5.75 Å². The molecule has 2 amide bonds. The average Bonchev–Trinajstić information content (AvgIpc) is 2.95. The predicted octanol–water partition coefficient (Wildman–Crippen LogP) is 5.02. The number of carbonyl (C=O) groups is 2. The van der Waals surface area contributed by atoms with Crippen molar-refractivity contribution in [1.82, 2.24) is 10.2 Å². The van der Waals surface area contributed by atoms with Crippen molar-refractivity contribution in [3.05, 3.63) is 89.2 Å². The first-order valence-electron chi connectivity index (χ1n) is 12.7. The van der Waals surface area contributed by atoms with E-state index in [0.29, 0.717) is 22.8 Å². The van der Waals surface area contributed by atoms with Crippen LogP contribution in [-0.4, -0.2) is 50.9 Å². The highest BCUT2D eigenvalue weighted by Gasteiger charge is 2.32. The Labute approximate surface area is 239 Å². The van der Waals surface area contributed by atoms with E-state index in [1.807, 2.05) is 13.8 Å². The summed E-state index contributed by atoms with van der Waals surface area (Å²) in [6.07, 6.45) is 0.689. The number of nitrogens with zero attached hydrogens (tertiary/aromatic N) is 2. The molecule has 0 saturated heterocycles. The molecule has 0 saturated carbocycles. The van der Waals surface area contributed by atoms with Crippen LogP contribution in [0.4, 0.5) is 10.1 Å². The van der Waals surface area contributed by atoms with Gasteiger partial charge in [0.1, 0.15) is 24.2 Å². The zero-order valence-electron chi connectivity index (χ0n) is 22.8. The standard InChI is InChI=1S/C29H33ClFN3O5S/c1-5-20(2)32-29(36)21(3)33(18-22-6-10-24(31)11-7-22)28(35)19-34(25-12-8-23(30)9-13-25)40(37,38)27-16-14-26(39-4)15-17-27/h6-17,20-21H,5,18-19H2,1-4H3,(H,32,36). The smallest absolute Gasteiger partial charge is 0.264 e. The molecule has 8 nitrogen and oxygen atoms in total. The number of hydrogen-bond donors (Lipinski definition) is 1. The number of sulfonamides is 1. The van der Waals surface area contributed by atoms with Crippen molar-refractivity contribution in [2.75, 3.05) is 18.0 Å². The number of anilines is 1. The Hall–Kier alpha value is -3.63. The minimum absolute atomic E-state index is 0.0365. The molecule has 0 aromatic heterocycles. The van der Waals surface area contributed by atoms with Gasteiger partial charge in [0.15, 0.2) is 0 Å². The molecule has 0 aliphatic rings. The summed E-state index contributed by atoms with van der Waals surface area (Å²) >= 11 is 6.04. The van der Waals surface area contributed by atoms with Gasteiger partial charge in [0.2, 0.25) is 11.8 Å². The van der Waals surface area contributed by atoms with Gasteiger partial charge in [-0.1, -0.05) is 30.7 Å². The Morgan fingerprint density at radius 3 is 2.12 bits per heavy atom. The predicted molar refractivity (Wildman–Crippen MR) is 153 cm³/mol. The lowest BCUT2D eigenvalue weighted by molar-refractivity contribution is -0.139. The molecule has 3 rings (SSSR count). The zero-order valence-corrected chi connectivity index (χ0v) is 24.4. The minimum Gasteiger partial charge on any atom is -0.497 e. The van der Waals surface area contributed by atoms with Crippen LogP contribution in [0.2, 0.25) is 5.02 Å². The number of rotatable bonds is 12. The van der Waals surface area contributed by atoms with Crippen LogP contribution in [-0.2, 0) is 26.2 Å². The van der Waals surface area contributed by atoms with Gasteiger partial charge in [0.25, 0.3) is 10.0 Å². The first-order chi connectivity index (χ1) is 19.0. The van der Waals surface area contributed by atoms with Crippen LogP contribution in [0.25, 0.3) is 0 Å². The number of benzene rings is 3. The zero-order chi connectivity index (χ0) is 29.4. The van der Waals surface area contributed by atoms with E-state index in [0.717, 1.165) is 4.31 Å². The quantitative estimate of drug-likeness (QED) is 0.320. The highest BCUT2D eigenvalue weighted by Crippen LogP contribution is 2.27. The van der Waals surface area contributed by atoms with Crippen LogP contribution in [0.1, 0.15) is 32.8 Å². The molecule has 2 atom stereocenters. The first-order valence-corrected chi connectivity index (χ1v) is 14.5. The van der Waals surface area contributed by atoms with Gasteiger partial charge in [-0.15, -0.1) is 0 Å². The van der Waals surface area contributed by atoms with E-state index in [4.69, 9.17) is 16.3 Å². The summed E-state index contributed by atoms with van der Waals surface area (Å²) in [6.45, 7) is 4.71. The van der Waals surface area contributed by atoms with Gasteiger partial charge in [-0.25, -0.2) is 12.8 Å². The fraction of sp³-hybridized carbons (Fsp3) is 0.310. The summed E-state index contributed by atoms with van der Waals surface area (Å²) in [6, 6.07) is 16.3. The molecule has 0 bridgehead atoms. The van der Waals surface area contributed by atoms with E-state index in [1.165, 1.54) is 84.8 Å². The molecule has 0 spiro atoms. The molecule has 3 aromatic carbocycles. The third-order valence-electron chi connectivity index (χ3n) is 6.48.